The third-order valence-electron chi connectivity index (χ3n) is 6.80. The Hall–Kier alpha value is -4.34. The third-order valence-corrected chi connectivity index (χ3v) is 6.80. The Morgan fingerprint density at radius 2 is 1.82 bits per heavy atom. The zero-order valence-electron chi connectivity index (χ0n) is 21.9. The van der Waals surface area contributed by atoms with Crippen LogP contribution >= 0.6 is 0 Å². The Labute approximate surface area is 220 Å². The number of nitrogens with one attached hydrogen (secondary N) is 1. The van der Waals surface area contributed by atoms with Crippen molar-refractivity contribution in [2.45, 2.75) is 51.6 Å². The van der Waals surface area contributed by atoms with E-state index in [-0.39, 0.29) is 35.0 Å². The van der Waals surface area contributed by atoms with Crippen molar-refractivity contribution in [2.75, 3.05) is 14.2 Å². The number of hydrogen-bond acceptors (Lipinski definition) is 9. The predicted molar refractivity (Wildman–Crippen MR) is 138 cm³/mol. The van der Waals surface area contributed by atoms with Gasteiger partial charge in [-0.1, -0.05) is 18.2 Å². The van der Waals surface area contributed by atoms with Gasteiger partial charge < -0.3 is 24.6 Å². The van der Waals surface area contributed by atoms with Gasteiger partial charge in [0.05, 0.1) is 30.8 Å². The molecule has 2 unspecified atom stereocenters. The van der Waals surface area contributed by atoms with Crippen LogP contribution in [0.3, 0.4) is 0 Å². The van der Waals surface area contributed by atoms with Crippen LogP contribution in [-0.2, 0) is 14.3 Å². The van der Waals surface area contributed by atoms with E-state index in [4.69, 9.17) is 14.2 Å². The molecule has 10 heteroatoms. The van der Waals surface area contributed by atoms with Crippen LogP contribution in [0, 0.1) is 10.1 Å². The number of ketones is 1. The van der Waals surface area contributed by atoms with Crippen molar-refractivity contribution in [1.82, 2.24) is 5.32 Å². The maximum Gasteiger partial charge on any atom is 0.337 e. The van der Waals surface area contributed by atoms with Gasteiger partial charge in [0.2, 0.25) is 5.75 Å². The van der Waals surface area contributed by atoms with E-state index in [0.717, 1.165) is 5.56 Å². The van der Waals surface area contributed by atoms with Crippen LogP contribution in [0.5, 0.6) is 17.2 Å². The average Bonchev–Trinajstić information content (AvgIpc) is 2.87. The third kappa shape index (κ3) is 4.81. The smallest absolute Gasteiger partial charge is 0.337 e. The molecule has 1 aliphatic carbocycles. The maximum atomic E-state index is 13.8. The zero-order chi connectivity index (χ0) is 27.7. The van der Waals surface area contributed by atoms with Gasteiger partial charge in [0.25, 0.3) is 0 Å². The minimum Gasteiger partial charge on any atom is -0.500 e. The fraction of sp³-hybridized carbons (Fsp3) is 0.357. The van der Waals surface area contributed by atoms with Gasteiger partial charge in [-0.05, 0) is 50.5 Å². The molecule has 2 atom stereocenters. The molecule has 2 aromatic carbocycles. The Balaban J connectivity index is 1.90. The first-order chi connectivity index (χ1) is 18.1. The van der Waals surface area contributed by atoms with Crippen LogP contribution < -0.4 is 14.8 Å². The van der Waals surface area contributed by atoms with E-state index in [1.165, 1.54) is 19.2 Å². The minimum absolute atomic E-state index is 0.140. The summed E-state index contributed by atoms with van der Waals surface area (Å²) < 4.78 is 16.2. The van der Waals surface area contributed by atoms with Crippen LogP contribution in [0.25, 0.3) is 0 Å². The number of dihydropyridines is 1. The number of methoxy groups -OCH3 is 2. The van der Waals surface area contributed by atoms with Gasteiger partial charge in [-0.25, -0.2) is 4.79 Å². The summed E-state index contributed by atoms with van der Waals surface area (Å²) in [6, 6.07) is 10.1. The SMILES string of the molecule is COc1ccccc1C1CC(=O)C2=C(C1)NC(C)=C(C(=O)OC(C)C)C2c1cc(OC)c(O)c([N+](=O)[O-])c1. The topological polar surface area (TPSA) is 137 Å². The van der Waals surface area contributed by atoms with Crippen molar-refractivity contribution >= 4 is 17.4 Å². The van der Waals surface area contributed by atoms with Gasteiger partial charge in [-0.15, -0.1) is 0 Å². The molecule has 0 aromatic heterocycles. The number of allylic oxidation sites excluding steroid dienone is 3. The highest BCUT2D eigenvalue weighted by atomic mass is 16.6. The lowest BCUT2D eigenvalue weighted by Gasteiger charge is -2.37. The predicted octanol–water partition coefficient (Wildman–Crippen LogP) is 4.63. The number of rotatable bonds is 7. The molecule has 10 nitrogen and oxygen atoms in total. The number of carbonyl (C=O) groups is 2. The van der Waals surface area contributed by atoms with Crippen LogP contribution in [0.4, 0.5) is 5.69 Å². The monoisotopic (exact) mass is 522 g/mol. The molecule has 0 radical (unpaired) electrons. The second-order valence-electron chi connectivity index (χ2n) is 9.56. The van der Waals surface area contributed by atoms with Crippen LogP contribution in [0.2, 0.25) is 0 Å². The molecule has 200 valence electrons. The molecule has 4 rings (SSSR count). The van der Waals surface area contributed by atoms with Crippen LogP contribution in [0.1, 0.15) is 56.6 Å². The van der Waals surface area contributed by atoms with E-state index in [1.54, 1.807) is 27.9 Å². The van der Waals surface area contributed by atoms with Gasteiger partial charge in [-0.3, -0.25) is 14.9 Å². The molecule has 0 fully saturated rings. The molecule has 0 spiro atoms. The summed E-state index contributed by atoms with van der Waals surface area (Å²) in [4.78, 5) is 38.1. The molecule has 2 aromatic rings. The maximum absolute atomic E-state index is 13.8. The molecule has 2 N–H and O–H groups in total. The first-order valence-electron chi connectivity index (χ1n) is 12.2. The number of ether oxygens (including phenoxy) is 3. The summed E-state index contributed by atoms with van der Waals surface area (Å²) in [6.45, 7) is 5.13. The van der Waals surface area contributed by atoms with Crippen LogP contribution in [-0.4, -0.2) is 42.1 Å². The van der Waals surface area contributed by atoms with Gasteiger partial charge in [0.15, 0.2) is 11.5 Å². The molecule has 1 heterocycles. The summed E-state index contributed by atoms with van der Waals surface area (Å²) in [6.07, 6.45) is 0.179. The molecule has 0 amide bonds. The molecule has 2 aliphatic rings. The number of aromatic hydroxyl groups is 1. The first kappa shape index (κ1) is 26.7. The highest BCUT2D eigenvalue weighted by molar-refractivity contribution is 6.04. The molecular formula is C28H30N2O8. The van der Waals surface area contributed by atoms with Gasteiger partial charge >= 0.3 is 11.7 Å². The molecular weight excluding hydrogens is 492 g/mol. The van der Waals surface area contributed by atoms with Crippen molar-refractivity contribution < 1.29 is 33.8 Å². The lowest BCUT2D eigenvalue weighted by atomic mass is 9.71. The molecule has 0 saturated carbocycles. The van der Waals surface area contributed by atoms with Gasteiger partial charge in [0, 0.05) is 41.3 Å². The highest BCUT2D eigenvalue weighted by Crippen LogP contribution is 2.49. The number of esters is 1. The van der Waals surface area contributed by atoms with E-state index in [1.807, 2.05) is 24.3 Å². The zero-order valence-corrected chi connectivity index (χ0v) is 21.9. The number of carbonyl (C=O) groups excluding carboxylic acids is 2. The van der Waals surface area contributed by atoms with Crippen molar-refractivity contribution in [3.8, 4) is 17.2 Å². The minimum atomic E-state index is -0.961. The van der Waals surface area contributed by atoms with Gasteiger partial charge in [0.1, 0.15) is 5.75 Å². The van der Waals surface area contributed by atoms with E-state index >= 15 is 0 Å². The number of hydrogen-bond donors (Lipinski definition) is 2. The summed E-state index contributed by atoms with van der Waals surface area (Å²) in [5.41, 5.74) is 2.16. The van der Waals surface area contributed by atoms with Crippen molar-refractivity contribution in [3.63, 3.8) is 0 Å². The Bertz CT molecular complexity index is 1370. The number of benzene rings is 2. The van der Waals surface area contributed by atoms with Gasteiger partial charge in [-0.2, -0.15) is 0 Å². The lowest BCUT2D eigenvalue weighted by molar-refractivity contribution is -0.386. The summed E-state index contributed by atoms with van der Waals surface area (Å²) in [7, 11) is 2.85. The van der Waals surface area contributed by atoms with E-state index < -0.39 is 34.4 Å². The lowest BCUT2D eigenvalue weighted by Crippen LogP contribution is -2.36. The fourth-order valence-corrected chi connectivity index (χ4v) is 5.22. The Morgan fingerprint density at radius 1 is 1.13 bits per heavy atom. The number of nitro groups is 1. The van der Waals surface area contributed by atoms with Crippen molar-refractivity contribution in [2.24, 2.45) is 0 Å². The molecule has 0 saturated heterocycles. The van der Waals surface area contributed by atoms with E-state index in [0.29, 0.717) is 29.1 Å². The average molecular weight is 523 g/mol. The normalized spacial score (nSPS) is 19.2. The molecule has 0 bridgehead atoms. The van der Waals surface area contributed by atoms with Crippen molar-refractivity contribution in [3.05, 3.63) is 80.2 Å². The highest BCUT2D eigenvalue weighted by Gasteiger charge is 2.43. The number of para-hydroxylation sites is 1. The summed E-state index contributed by atoms with van der Waals surface area (Å²) >= 11 is 0. The number of Topliss-reactive ketones (excluding diaryl/α,β-unsaturated/α-hetero) is 1. The van der Waals surface area contributed by atoms with E-state index in [2.05, 4.69) is 5.32 Å². The molecule has 1 aliphatic heterocycles. The van der Waals surface area contributed by atoms with Crippen LogP contribution in [0.15, 0.2) is 58.9 Å². The first-order valence-corrected chi connectivity index (χ1v) is 12.2. The Kier molecular flexibility index (Phi) is 7.43. The quantitative estimate of drug-likeness (QED) is 0.303. The number of phenolic OH excluding ortho intramolecular Hbond substituents is 1. The summed E-state index contributed by atoms with van der Waals surface area (Å²) in [5, 5.41) is 25.3. The largest absolute Gasteiger partial charge is 0.500 e. The second kappa shape index (κ2) is 10.6. The second-order valence-corrected chi connectivity index (χ2v) is 9.56. The van der Waals surface area contributed by atoms with E-state index in [9.17, 15) is 24.8 Å². The Morgan fingerprint density at radius 3 is 2.45 bits per heavy atom. The number of nitro benzene ring substituents is 1. The number of phenols is 1. The molecule has 38 heavy (non-hydrogen) atoms. The van der Waals surface area contributed by atoms with Crippen molar-refractivity contribution in [1.29, 1.82) is 0 Å². The standard InChI is InChI=1S/C28H30N2O8/c1-14(2)38-28(33)24-15(3)29-19-10-16(18-8-6-7-9-22(18)36-4)12-21(31)26(19)25(24)17-11-20(30(34)35)27(32)23(13-17)37-5/h6-9,11,13-14,16,25,29,32H,10,12H2,1-5H3. The fourth-order valence-electron chi connectivity index (χ4n) is 5.22. The summed E-state index contributed by atoms with van der Waals surface area (Å²) in [5.74, 6) is -2.09. The number of nitrogens with zero attached hydrogens (tertiary/aromatic N) is 1.